The number of benzene rings is 1. The standard InChI is InChI=1S/C14H9BrF2N2O2/c15-6-3-7-8(5-19-14(7)18-4-6)13(21)11-9(16)1-2-10(20)12(11)17/h1-5,13,20-21H,(H,18,19). The Labute approximate surface area is 126 Å². The monoisotopic (exact) mass is 354 g/mol. The second-order valence-electron chi connectivity index (χ2n) is 4.49. The summed E-state index contributed by atoms with van der Waals surface area (Å²) in [4.78, 5) is 6.91. The minimum absolute atomic E-state index is 0.266. The maximum Gasteiger partial charge on any atom is 0.173 e. The molecule has 3 aromatic rings. The predicted octanol–water partition coefficient (Wildman–Crippen LogP) is 3.39. The average Bonchev–Trinajstić information content (AvgIpc) is 2.86. The van der Waals surface area contributed by atoms with Crippen LogP contribution in [-0.2, 0) is 0 Å². The number of aromatic nitrogens is 2. The molecule has 0 fully saturated rings. The SMILES string of the molecule is Oc1ccc(F)c(C(O)c2c[nH]c3ncc(Br)cc23)c1F. The van der Waals surface area contributed by atoms with Crippen molar-refractivity contribution < 1.29 is 19.0 Å². The number of hydrogen-bond donors (Lipinski definition) is 3. The van der Waals surface area contributed by atoms with Gasteiger partial charge >= 0.3 is 0 Å². The molecular formula is C14H9BrF2N2O2. The number of fused-ring (bicyclic) bond motifs is 1. The van der Waals surface area contributed by atoms with E-state index in [-0.39, 0.29) is 5.56 Å². The fourth-order valence-corrected chi connectivity index (χ4v) is 2.52. The molecule has 0 saturated carbocycles. The number of H-pyrrole nitrogens is 1. The van der Waals surface area contributed by atoms with Gasteiger partial charge in [0.1, 0.15) is 17.6 Å². The number of phenols is 1. The van der Waals surface area contributed by atoms with Gasteiger partial charge in [0.25, 0.3) is 0 Å². The molecule has 0 aliphatic rings. The number of aliphatic hydroxyl groups is 1. The second-order valence-corrected chi connectivity index (χ2v) is 5.41. The Morgan fingerprint density at radius 2 is 2.05 bits per heavy atom. The highest BCUT2D eigenvalue weighted by molar-refractivity contribution is 9.10. The quantitative estimate of drug-likeness (QED) is 0.660. The molecule has 21 heavy (non-hydrogen) atoms. The normalized spacial score (nSPS) is 12.8. The molecule has 4 nitrogen and oxygen atoms in total. The van der Waals surface area contributed by atoms with E-state index in [9.17, 15) is 19.0 Å². The summed E-state index contributed by atoms with van der Waals surface area (Å²) in [5.74, 6) is -2.83. The van der Waals surface area contributed by atoms with E-state index >= 15 is 0 Å². The van der Waals surface area contributed by atoms with Crippen molar-refractivity contribution >= 4 is 27.0 Å². The number of aromatic amines is 1. The third-order valence-electron chi connectivity index (χ3n) is 3.20. The number of hydrogen-bond acceptors (Lipinski definition) is 3. The lowest BCUT2D eigenvalue weighted by atomic mass is 10.0. The van der Waals surface area contributed by atoms with Gasteiger partial charge in [0.15, 0.2) is 11.6 Å². The van der Waals surface area contributed by atoms with E-state index in [1.807, 2.05) is 0 Å². The summed E-state index contributed by atoms with van der Waals surface area (Å²) in [6.45, 7) is 0. The second kappa shape index (κ2) is 5.09. The van der Waals surface area contributed by atoms with Gasteiger partial charge in [0, 0.05) is 27.8 Å². The highest BCUT2D eigenvalue weighted by atomic mass is 79.9. The van der Waals surface area contributed by atoms with Crippen molar-refractivity contribution in [2.45, 2.75) is 6.10 Å². The topological polar surface area (TPSA) is 69.1 Å². The maximum atomic E-state index is 13.9. The first kappa shape index (κ1) is 14.0. The summed E-state index contributed by atoms with van der Waals surface area (Å²) >= 11 is 3.25. The van der Waals surface area contributed by atoms with Gasteiger partial charge in [0.05, 0.1) is 5.56 Å². The van der Waals surface area contributed by atoms with Crippen molar-refractivity contribution in [3.05, 3.63) is 57.8 Å². The van der Waals surface area contributed by atoms with Crippen LogP contribution in [0.2, 0.25) is 0 Å². The van der Waals surface area contributed by atoms with Crippen LogP contribution in [0, 0.1) is 11.6 Å². The predicted molar refractivity (Wildman–Crippen MR) is 75.9 cm³/mol. The molecule has 7 heteroatoms. The van der Waals surface area contributed by atoms with Gasteiger partial charge in [-0.1, -0.05) is 0 Å². The van der Waals surface area contributed by atoms with Crippen LogP contribution in [0.4, 0.5) is 8.78 Å². The Morgan fingerprint density at radius 3 is 2.81 bits per heavy atom. The van der Waals surface area contributed by atoms with Crippen LogP contribution in [0.3, 0.4) is 0 Å². The van der Waals surface area contributed by atoms with E-state index in [0.717, 1.165) is 12.1 Å². The summed E-state index contributed by atoms with van der Waals surface area (Å²) in [5.41, 5.74) is 0.145. The molecule has 3 rings (SSSR count). The van der Waals surface area contributed by atoms with Crippen LogP contribution in [0.1, 0.15) is 17.2 Å². The molecule has 0 amide bonds. The lowest BCUT2D eigenvalue weighted by Crippen LogP contribution is -2.05. The first-order chi connectivity index (χ1) is 9.99. The molecule has 0 bridgehead atoms. The van der Waals surface area contributed by atoms with Gasteiger partial charge in [0.2, 0.25) is 0 Å². The molecule has 0 saturated heterocycles. The van der Waals surface area contributed by atoms with Gasteiger partial charge in [-0.25, -0.2) is 13.8 Å². The molecule has 0 radical (unpaired) electrons. The van der Waals surface area contributed by atoms with E-state index < -0.39 is 29.1 Å². The van der Waals surface area contributed by atoms with Crippen LogP contribution >= 0.6 is 15.9 Å². The van der Waals surface area contributed by atoms with Crippen molar-refractivity contribution in [3.63, 3.8) is 0 Å². The van der Waals surface area contributed by atoms with Crippen molar-refractivity contribution in [1.29, 1.82) is 0 Å². The zero-order valence-corrected chi connectivity index (χ0v) is 12.0. The summed E-state index contributed by atoms with van der Waals surface area (Å²) in [5, 5.41) is 20.2. The number of nitrogens with one attached hydrogen (secondary N) is 1. The molecule has 1 aromatic carbocycles. The van der Waals surface area contributed by atoms with Crippen LogP contribution < -0.4 is 0 Å². The molecular weight excluding hydrogens is 346 g/mol. The Morgan fingerprint density at radius 1 is 1.29 bits per heavy atom. The fourth-order valence-electron chi connectivity index (χ4n) is 2.19. The zero-order valence-electron chi connectivity index (χ0n) is 10.4. The lowest BCUT2D eigenvalue weighted by molar-refractivity contribution is 0.209. The number of halogens is 3. The van der Waals surface area contributed by atoms with Gasteiger partial charge < -0.3 is 15.2 Å². The third kappa shape index (κ3) is 2.28. The van der Waals surface area contributed by atoms with Gasteiger partial charge in [-0.2, -0.15) is 0 Å². The highest BCUT2D eigenvalue weighted by Crippen LogP contribution is 2.34. The fraction of sp³-hybridized carbons (Fsp3) is 0.0714. The minimum atomic E-state index is -1.57. The van der Waals surface area contributed by atoms with Crippen molar-refractivity contribution in [3.8, 4) is 5.75 Å². The zero-order chi connectivity index (χ0) is 15.1. The molecule has 1 unspecified atom stereocenters. The number of pyridine rings is 1. The number of phenolic OH excluding ortho intramolecular Hbond substituents is 1. The van der Waals surface area contributed by atoms with E-state index in [1.165, 1.54) is 6.20 Å². The van der Waals surface area contributed by atoms with E-state index in [0.29, 0.717) is 15.5 Å². The summed E-state index contributed by atoms with van der Waals surface area (Å²) in [7, 11) is 0. The lowest BCUT2D eigenvalue weighted by Gasteiger charge is -2.13. The minimum Gasteiger partial charge on any atom is -0.505 e. The summed E-state index contributed by atoms with van der Waals surface area (Å²) in [6, 6.07) is 3.48. The number of aliphatic hydroxyl groups excluding tert-OH is 1. The number of rotatable bonds is 2. The van der Waals surface area contributed by atoms with E-state index in [2.05, 4.69) is 25.9 Å². The van der Waals surface area contributed by atoms with Crippen molar-refractivity contribution in [2.75, 3.05) is 0 Å². The Bertz CT molecular complexity index is 835. The van der Waals surface area contributed by atoms with Gasteiger partial charge in [-0.05, 0) is 34.1 Å². The Kier molecular flexibility index (Phi) is 3.38. The van der Waals surface area contributed by atoms with E-state index in [1.54, 1.807) is 12.3 Å². The summed E-state index contributed by atoms with van der Waals surface area (Å²) in [6.07, 6.45) is 1.42. The molecule has 0 aliphatic heterocycles. The molecule has 2 aromatic heterocycles. The first-order valence-corrected chi connectivity index (χ1v) is 6.75. The van der Waals surface area contributed by atoms with Crippen LogP contribution in [0.5, 0.6) is 5.75 Å². The average molecular weight is 355 g/mol. The Balaban J connectivity index is 2.19. The largest absolute Gasteiger partial charge is 0.505 e. The van der Waals surface area contributed by atoms with Crippen molar-refractivity contribution in [2.24, 2.45) is 0 Å². The number of aromatic hydroxyl groups is 1. The van der Waals surface area contributed by atoms with E-state index in [4.69, 9.17) is 0 Å². The molecule has 0 spiro atoms. The number of nitrogens with zero attached hydrogens (tertiary/aromatic N) is 1. The van der Waals surface area contributed by atoms with Crippen LogP contribution in [0.25, 0.3) is 11.0 Å². The van der Waals surface area contributed by atoms with Crippen LogP contribution in [-0.4, -0.2) is 20.2 Å². The van der Waals surface area contributed by atoms with Crippen LogP contribution in [0.15, 0.2) is 35.1 Å². The molecule has 2 heterocycles. The molecule has 108 valence electrons. The molecule has 3 N–H and O–H groups in total. The molecule has 0 aliphatic carbocycles. The smallest absolute Gasteiger partial charge is 0.173 e. The van der Waals surface area contributed by atoms with Crippen molar-refractivity contribution in [1.82, 2.24) is 9.97 Å². The van der Waals surface area contributed by atoms with Gasteiger partial charge in [-0.15, -0.1) is 0 Å². The maximum absolute atomic E-state index is 13.9. The first-order valence-electron chi connectivity index (χ1n) is 5.96. The molecule has 1 atom stereocenters. The third-order valence-corrected chi connectivity index (χ3v) is 3.64. The summed E-state index contributed by atoms with van der Waals surface area (Å²) < 4.78 is 28.4. The van der Waals surface area contributed by atoms with Gasteiger partial charge in [-0.3, -0.25) is 0 Å². The Hall–Kier alpha value is -1.99. The highest BCUT2D eigenvalue weighted by Gasteiger charge is 2.24.